The number of benzene rings is 3. The molecule has 0 spiro atoms. The Balaban J connectivity index is 1.45. The molecule has 9 heteroatoms. The summed E-state index contributed by atoms with van der Waals surface area (Å²) in [5.74, 6) is 0.279. The number of amides is 1. The molecule has 3 aromatic carbocycles. The number of hydrogen-bond acceptors (Lipinski definition) is 4. The number of halogens is 1. The topological polar surface area (TPSA) is 96.1 Å². The van der Waals surface area contributed by atoms with Crippen LogP contribution >= 0.6 is 15.9 Å². The van der Waals surface area contributed by atoms with Crippen LogP contribution in [0.2, 0.25) is 0 Å². The molecule has 3 aromatic rings. The molecule has 1 amide bonds. The molecule has 32 heavy (non-hydrogen) atoms. The molecule has 166 valence electrons. The van der Waals surface area contributed by atoms with Crippen LogP contribution in [0.3, 0.4) is 0 Å². The maximum Gasteiger partial charge on any atom is 0.253 e. The number of amidine groups is 1. The van der Waals surface area contributed by atoms with Crippen LogP contribution in [0.25, 0.3) is 10.8 Å². The summed E-state index contributed by atoms with van der Waals surface area (Å²) in [6.45, 7) is 1.16. The second-order valence-electron chi connectivity index (χ2n) is 7.54. The quantitative estimate of drug-likeness (QED) is 0.427. The molecular weight excluding hydrogens is 492 g/mol. The van der Waals surface area contributed by atoms with Gasteiger partial charge in [0.2, 0.25) is 10.0 Å². The number of hydrogen-bond donors (Lipinski definition) is 1. The van der Waals surface area contributed by atoms with Crippen LogP contribution in [0, 0.1) is 0 Å². The number of carbonyl (C=O) groups excluding carboxylic acids is 1. The summed E-state index contributed by atoms with van der Waals surface area (Å²) < 4.78 is 28.7. The Morgan fingerprint density at radius 1 is 0.906 bits per heavy atom. The van der Waals surface area contributed by atoms with E-state index < -0.39 is 10.0 Å². The van der Waals surface area contributed by atoms with Gasteiger partial charge < -0.3 is 10.6 Å². The van der Waals surface area contributed by atoms with E-state index in [1.165, 1.54) is 4.31 Å². The highest BCUT2D eigenvalue weighted by atomic mass is 79.9. The van der Waals surface area contributed by atoms with Gasteiger partial charge in [0.1, 0.15) is 5.84 Å². The van der Waals surface area contributed by atoms with Gasteiger partial charge in [0.25, 0.3) is 5.91 Å². The van der Waals surface area contributed by atoms with E-state index in [1.807, 2.05) is 24.3 Å². The average Bonchev–Trinajstić information content (AvgIpc) is 2.82. The zero-order valence-corrected chi connectivity index (χ0v) is 19.9. The SMILES string of the molecule is CN=C(N)c1ccc(C(=O)N2CCN(S(=O)(=O)c3ccc4cc(Br)ccc4c3)CC2)cc1. The minimum absolute atomic E-state index is 0.128. The number of sulfonamides is 1. The van der Waals surface area contributed by atoms with Gasteiger partial charge in [0, 0.05) is 48.8 Å². The van der Waals surface area contributed by atoms with Crippen molar-refractivity contribution < 1.29 is 13.2 Å². The molecule has 0 atom stereocenters. The molecule has 0 bridgehead atoms. The third-order valence-corrected chi connectivity index (χ3v) is 7.99. The van der Waals surface area contributed by atoms with Crippen LogP contribution in [0.15, 0.2) is 75.0 Å². The van der Waals surface area contributed by atoms with Crippen LogP contribution in [-0.2, 0) is 10.0 Å². The lowest BCUT2D eigenvalue weighted by atomic mass is 10.1. The van der Waals surface area contributed by atoms with Gasteiger partial charge in [0.15, 0.2) is 0 Å². The largest absolute Gasteiger partial charge is 0.384 e. The Labute approximate surface area is 195 Å². The Kier molecular flexibility index (Phi) is 6.32. The van der Waals surface area contributed by atoms with Gasteiger partial charge in [-0.3, -0.25) is 9.79 Å². The molecule has 1 fully saturated rings. The van der Waals surface area contributed by atoms with Crippen LogP contribution in [0.5, 0.6) is 0 Å². The Hall–Kier alpha value is -2.75. The zero-order valence-electron chi connectivity index (χ0n) is 17.5. The minimum Gasteiger partial charge on any atom is -0.384 e. The summed E-state index contributed by atoms with van der Waals surface area (Å²) in [5.41, 5.74) is 7.08. The van der Waals surface area contributed by atoms with E-state index in [0.717, 1.165) is 20.8 Å². The van der Waals surface area contributed by atoms with Crippen molar-refractivity contribution in [1.82, 2.24) is 9.21 Å². The summed E-state index contributed by atoms with van der Waals surface area (Å²) in [7, 11) is -2.03. The number of fused-ring (bicyclic) bond motifs is 1. The van der Waals surface area contributed by atoms with Crippen molar-refractivity contribution in [3.8, 4) is 0 Å². The molecule has 0 aliphatic carbocycles. The Bertz CT molecular complexity index is 1300. The highest BCUT2D eigenvalue weighted by molar-refractivity contribution is 9.10. The van der Waals surface area contributed by atoms with Gasteiger partial charge >= 0.3 is 0 Å². The fraction of sp³-hybridized carbons (Fsp3) is 0.217. The number of rotatable bonds is 4. The second-order valence-corrected chi connectivity index (χ2v) is 10.4. The highest BCUT2D eigenvalue weighted by Crippen LogP contribution is 2.25. The van der Waals surface area contributed by atoms with Gasteiger partial charge in [-0.25, -0.2) is 8.42 Å². The molecule has 1 saturated heterocycles. The summed E-state index contributed by atoms with van der Waals surface area (Å²) in [6.07, 6.45) is 0. The van der Waals surface area contributed by atoms with E-state index in [4.69, 9.17) is 5.73 Å². The van der Waals surface area contributed by atoms with Crippen molar-refractivity contribution in [2.45, 2.75) is 4.90 Å². The third kappa shape index (κ3) is 4.41. The van der Waals surface area contributed by atoms with Crippen molar-refractivity contribution in [3.63, 3.8) is 0 Å². The van der Waals surface area contributed by atoms with E-state index in [9.17, 15) is 13.2 Å². The third-order valence-electron chi connectivity index (χ3n) is 5.61. The molecule has 0 radical (unpaired) electrons. The highest BCUT2D eigenvalue weighted by Gasteiger charge is 2.30. The lowest BCUT2D eigenvalue weighted by molar-refractivity contribution is 0.0698. The Morgan fingerprint density at radius 3 is 2.16 bits per heavy atom. The summed E-state index contributed by atoms with van der Waals surface area (Å²) >= 11 is 3.43. The molecule has 0 aromatic heterocycles. The van der Waals surface area contributed by atoms with E-state index in [2.05, 4.69) is 20.9 Å². The van der Waals surface area contributed by atoms with Crippen molar-refractivity contribution in [2.75, 3.05) is 33.2 Å². The molecule has 1 aliphatic heterocycles. The molecule has 1 aliphatic rings. The Morgan fingerprint density at radius 2 is 1.50 bits per heavy atom. The summed E-state index contributed by atoms with van der Waals surface area (Å²) in [5, 5.41) is 1.83. The van der Waals surface area contributed by atoms with E-state index in [-0.39, 0.29) is 23.9 Å². The van der Waals surface area contributed by atoms with Gasteiger partial charge in [-0.2, -0.15) is 4.31 Å². The number of nitrogens with two attached hydrogens (primary N) is 1. The number of nitrogens with zero attached hydrogens (tertiary/aromatic N) is 3. The van der Waals surface area contributed by atoms with Gasteiger partial charge in [-0.1, -0.05) is 40.2 Å². The number of carbonyl (C=O) groups is 1. The van der Waals surface area contributed by atoms with Gasteiger partial charge in [-0.05, 0) is 47.2 Å². The predicted octanol–water partition coefficient (Wildman–Crippen LogP) is 3.08. The standard InChI is InChI=1S/C23H23BrN4O3S/c1-26-22(25)16-2-4-17(5-3-16)23(29)27-10-12-28(13-11-27)32(30,31)21-9-7-18-14-20(24)8-6-19(18)15-21/h2-9,14-15H,10-13H2,1H3,(H2,25,26). The first kappa shape index (κ1) is 22.4. The minimum atomic E-state index is -3.64. The monoisotopic (exact) mass is 514 g/mol. The second kappa shape index (κ2) is 9.01. The maximum absolute atomic E-state index is 13.2. The van der Waals surface area contributed by atoms with Crippen LogP contribution in [-0.4, -0.2) is 62.6 Å². The van der Waals surface area contributed by atoms with Crippen LogP contribution in [0.1, 0.15) is 15.9 Å². The lowest BCUT2D eigenvalue weighted by Crippen LogP contribution is -2.50. The molecule has 7 nitrogen and oxygen atoms in total. The first-order chi connectivity index (χ1) is 15.3. The van der Waals surface area contributed by atoms with Crippen molar-refractivity contribution >= 4 is 48.5 Å². The van der Waals surface area contributed by atoms with Crippen LogP contribution in [0.4, 0.5) is 0 Å². The smallest absolute Gasteiger partial charge is 0.253 e. The fourth-order valence-electron chi connectivity index (χ4n) is 3.73. The van der Waals surface area contributed by atoms with Crippen molar-refractivity contribution in [2.24, 2.45) is 10.7 Å². The summed E-state index contributed by atoms with van der Waals surface area (Å²) in [4.78, 5) is 18.7. The van der Waals surface area contributed by atoms with Crippen molar-refractivity contribution in [3.05, 3.63) is 76.3 Å². The average molecular weight is 515 g/mol. The molecule has 0 saturated carbocycles. The van der Waals surface area contributed by atoms with Crippen molar-refractivity contribution in [1.29, 1.82) is 0 Å². The summed E-state index contributed by atoms with van der Waals surface area (Å²) in [6, 6.07) is 17.8. The first-order valence-corrected chi connectivity index (χ1v) is 12.3. The number of aliphatic imine (C=N–C) groups is 1. The predicted molar refractivity (Wildman–Crippen MR) is 129 cm³/mol. The number of piperazine rings is 1. The van der Waals surface area contributed by atoms with E-state index >= 15 is 0 Å². The molecule has 2 N–H and O–H groups in total. The zero-order chi connectivity index (χ0) is 22.9. The molecular formula is C23H23BrN4O3S. The van der Waals surface area contributed by atoms with Gasteiger partial charge in [0.05, 0.1) is 4.90 Å². The van der Waals surface area contributed by atoms with E-state index in [1.54, 1.807) is 48.3 Å². The molecule has 0 unspecified atom stereocenters. The first-order valence-electron chi connectivity index (χ1n) is 10.1. The maximum atomic E-state index is 13.2. The lowest BCUT2D eigenvalue weighted by Gasteiger charge is -2.34. The molecule has 4 rings (SSSR count). The molecule has 1 heterocycles. The normalized spacial score (nSPS) is 15.8. The van der Waals surface area contributed by atoms with Crippen LogP contribution < -0.4 is 5.73 Å². The van der Waals surface area contributed by atoms with E-state index in [0.29, 0.717) is 24.5 Å². The fourth-order valence-corrected chi connectivity index (χ4v) is 5.57. The van der Waals surface area contributed by atoms with Gasteiger partial charge in [-0.15, -0.1) is 0 Å².